The van der Waals surface area contributed by atoms with E-state index < -0.39 is 0 Å². The van der Waals surface area contributed by atoms with Gasteiger partial charge in [-0.05, 0) is 41.5 Å². The lowest BCUT2D eigenvalue weighted by Gasteiger charge is -2.07. The van der Waals surface area contributed by atoms with Crippen LogP contribution in [0.2, 0.25) is 5.28 Å². The third kappa shape index (κ3) is 2.69. The zero-order valence-electron chi connectivity index (χ0n) is 10.1. The second-order valence-corrected chi connectivity index (χ2v) is 5.28. The van der Waals surface area contributed by atoms with Gasteiger partial charge in [-0.2, -0.15) is 0 Å². The van der Waals surface area contributed by atoms with Gasteiger partial charge in [-0.25, -0.2) is 0 Å². The van der Waals surface area contributed by atoms with E-state index in [1.54, 1.807) is 11.3 Å². The van der Waals surface area contributed by atoms with Gasteiger partial charge < -0.3 is 0 Å². The van der Waals surface area contributed by atoms with Crippen molar-refractivity contribution in [1.29, 1.82) is 0 Å². The van der Waals surface area contributed by atoms with Crippen molar-refractivity contribution in [3.8, 4) is 0 Å². The van der Waals surface area contributed by atoms with E-state index in [1.165, 1.54) is 10.4 Å². The van der Waals surface area contributed by atoms with Crippen LogP contribution in [0.3, 0.4) is 0 Å². The Labute approximate surface area is 110 Å². The maximum absolute atomic E-state index is 6.09. The normalized spacial score (nSPS) is 11.0. The molecule has 0 aliphatic carbocycles. The summed E-state index contributed by atoms with van der Waals surface area (Å²) in [6.07, 6.45) is 3.04. The van der Waals surface area contributed by atoms with Crippen molar-refractivity contribution >= 4 is 22.9 Å². The van der Waals surface area contributed by atoms with Gasteiger partial charge in [0.05, 0.1) is 6.54 Å². The Hall–Kier alpha value is -0.870. The standard InChI is InChI=1S/C12H16ClN3S/c1-3-5-11-14-15-12(13)16(11)8-10-9(4-2)6-7-17-10/h6-7H,3-5,8H2,1-2H3. The van der Waals surface area contributed by atoms with Crippen LogP contribution in [-0.2, 0) is 19.4 Å². The number of aryl methyl sites for hydroxylation is 2. The van der Waals surface area contributed by atoms with Gasteiger partial charge in [-0.15, -0.1) is 21.5 Å². The Bertz CT molecular complexity index is 490. The van der Waals surface area contributed by atoms with Gasteiger partial charge in [0.15, 0.2) is 0 Å². The van der Waals surface area contributed by atoms with Crippen molar-refractivity contribution in [1.82, 2.24) is 14.8 Å². The molecular weight excluding hydrogens is 254 g/mol. The molecule has 92 valence electrons. The highest BCUT2D eigenvalue weighted by molar-refractivity contribution is 7.10. The monoisotopic (exact) mass is 269 g/mol. The SMILES string of the molecule is CCCc1nnc(Cl)n1Cc1sccc1CC. The van der Waals surface area contributed by atoms with Gasteiger partial charge in [0.25, 0.3) is 0 Å². The molecule has 2 aromatic rings. The molecule has 0 radical (unpaired) electrons. The molecule has 5 heteroatoms. The summed E-state index contributed by atoms with van der Waals surface area (Å²) in [7, 11) is 0. The number of halogens is 1. The summed E-state index contributed by atoms with van der Waals surface area (Å²) < 4.78 is 2.01. The zero-order chi connectivity index (χ0) is 12.3. The second kappa shape index (κ2) is 5.65. The van der Waals surface area contributed by atoms with E-state index in [2.05, 4.69) is 35.5 Å². The molecule has 2 rings (SSSR count). The van der Waals surface area contributed by atoms with Crippen LogP contribution in [0.15, 0.2) is 11.4 Å². The van der Waals surface area contributed by atoms with Crippen molar-refractivity contribution in [2.75, 3.05) is 0 Å². The Morgan fingerprint density at radius 1 is 1.35 bits per heavy atom. The van der Waals surface area contributed by atoms with Gasteiger partial charge in [0.1, 0.15) is 5.82 Å². The lowest BCUT2D eigenvalue weighted by atomic mass is 10.2. The van der Waals surface area contributed by atoms with Crippen LogP contribution in [0.5, 0.6) is 0 Å². The van der Waals surface area contributed by atoms with Crippen molar-refractivity contribution in [3.63, 3.8) is 0 Å². The predicted octanol–water partition coefficient (Wildman–Crippen LogP) is 3.56. The summed E-state index contributed by atoms with van der Waals surface area (Å²) in [6, 6.07) is 2.18. The molecule has 0 spiro atoms. The molecule has 0 atom stereocenters. The minimum absolute atomic E-state index is 0.490. The lowest BCUT2D eigenvalue weighted by molar-refractivity contribution is 0.708. The Morgan fingerprint density at radius 3 is 2.88 bits per heavy atom. The molecule has 2 aromatic heterocycles. The van der Waals surface area contributed by atoms with E-state index >= 15 is 0 Å². The van der Waals surface area contributed by atoms with Crippen molar-refractivity contribution in [2.24, 2.45) is 0 Å². The number of thiophene rings is 1. The van der Waals surface area contributed by atoms with E-state index in [-0.39, 0.29) is 0 Å². The van der Waals surface area contributed by atoms with E-state index in [1.807, 2.05) is 4.57 Å². The van der Waals surface area contributed by atoms with Gasteiger partial charge in [0, 0.05) is 11.3 Å². The summed E-state index contributed by atoms with van der Waals surface area (Å²) >= 11 is 7.86. The molecule has 3 nitrogen and oxygen atoms in total. The van der Waals surface area contributed by atoms with Gasteiger partial charge >= 0.3 is 0 Å². The predicted molar refractivity (Wildman–Crippen MR) is 71.8 cm³/mol. The van der Waals surface area contributed by atoms with Crippen LogP contribution < -0.4 is 0 Å². The number of rotatable bonds is 5. The molecule has 0 bridgehead atoms. The molecule has 0 aliphatic rings. The first-order valence-electron chi connectivity index (χ1n) is 5.89. The average molecular weight is 270 g/mol. The van der Waals surface area contributed by atoms with Crippen LogP contribution in [-0.4, -0.2) is 14.8 Å². The van der Waals surface area contributed by atoms with Gasteiger partial charge in [-0.3, -0.25) is 4.57 Å². The van der Waals surface area contributed by atoms with Crippen molar-refractivity contribution in [2.45, 2.75) is 39.7 Å². The van der Waals surface area contributed by atoms with Crippen LogP contribution in [0, 0.1) is 0 Å². The minimum atomic E-state index is 0.490. The van der Waals surface area contributed by atoms with Crippen molar-refractivity contribution < 1.29 is 0 Å². The quantitative estimate of drug-likeness (QED) is 0.831. The average Bonchev–Trinajstić information content (AvgIpc) is 2.90. The Balaban J connectivity index is 2.26. The largest absolute Gasteiger partial charge is 0.296 e. The number of aromatic nitrogens is 3. The van der Waals surface area contributed by atoms with E-state index in [0.717, 1.165) is 31.6 Å². The highest BCUT2D eigenvalue weighted by Crippen LogP contribution is 2.21. The van der Waals surface area contributed by atoms with Crippen LogP contribution in [0.4, 0.5) is 0 Å². The summed E-state index contributed by atoms with van der Waals surface area (Å²) in [5, 5.41) is 10.7. The molecular formula is C12H16ClN3S. The number of hydrogen-bond acceptors (Lipinski definition) is 3. The van der Waals surface area contributed by atoms with Gasteiger partial charge in [-0.1, -0.05) is 13.8 Å². The summed E-state index contributed by atoms with van der Waals surface area (Å²) in [6.45, 7) is 5.10. The number of hydrogen-bond donors (Lipinski definition) is 0. The first-order valence-corrected chi connectivity index (χ1v) is 7.14. The topological polar surface area (TPSA) is 30.7 Å². The first kappa shape index (κ1) is 12.6. The second-order valence-electron chi connectivity index (χ2n) is 3.94. The fraction of sp³-hybridized carbons (Fsp3) is 0.500. The Morgan fingerprint density at radius 2 is 2.18 bits per heavy atom. The summed E-state index contributed by atoms with van der Waals surface area (Å²) in [5.41, 5.74) is 1.39. The third-order valence-electron chi connectivity index (χ3n) is 2.78. The fourth-order valence-electron chi connectivity index (χ4n) is 1.84. The van der Waals surface area contributed by atoms with E-state index in [9.17, 15) is 0 Å². The first-order chi connectivity index (χ1) is 8.26. The molecule has 0 aliphatic heterocycles. The molecule has 0 N–H and O–H groups in total. The molecule has 0 saturated heterocycles. The summed E-state index contributed by atoms with van der Waals surface area (Å²) in [5.74, 6) is 0.980. The minimum Gasteiger partial charge on any atom is -0.296 e. The molecule has 0 aromatic carbocycles. The molecule has 0 amide bonds. The Kier molecular flexibility index (Phi) is 4.18. The lowest BCUT2D eigenvalue weighted by Crippen LogP contribution is -2.05. The molecule has 2 heterocycles. The maximum Gasteiger partial charge on any atom is 0.225 e. The molecule has 0 fully saturated rings. The fourth-order valence-corrected chi connectivity index (χ4v) is 3.00. The van der Waals surface area contributed by atoms with E-state index in [0.29, 0.717) is 5.28 Å². The van der Waals surface area contributed by atoms with E-state index in [4.69, 9.17) is 11.6 Å². The zero-order valence-corrected chi connectivity index (χ0v) is 11.7. The van der Waals surface area contributed by atoms with Crippen LogP contribution in [0.1, 0.15) is 36.5 Å². The van der Waals surface area contributed by atoms with Crippen LogP contribution >= 0.6 is 22.9 Å². The molecule has 0 unspecified atom stereocenters. The maximum atomic E-state index is 6.09. The smallest absolute Gasteiger partial charge is 0.225 e. The highest BCUT2D eigenvalue weighted by Gasteiger charge is 2.12. The van der Waals surface area contributed by atoms with Gasteiger partial charge in [0.2, 0.25) is 5.28 Å². The molecule has 17 heavy (non-hydrogen) atoms. The number of nitrogens with zero attached hydrogens (tertiary/aromatic N) is 3. The third-order valence-corrected chi connectivity index (χ3v) is 4.00. The van der Waals surface area contributed by atoms with Crippen LogP contribution in [0.25, 0.3) is 0 Å². The summed E-state index contributed by atoms with van der Waals surface area (Å²) in [4.78, 5) is 1.35. The molecule has 0 saturated carbocycles. The highest BCUT2D eigenvalue weighted by atomic mass is 35.5. The van der Waals surface area contributed by atoms with Crippen molar-refractivity contribution in [3.05, 3.63) is 33.0 Å².